The predicted octanol–water partition coefficient (Wildman–Crippen LogP) is 2.29. The number of halogens is 1. The molecule has 1 fully saturated rings. The Morgan fingerprint density at radius 3 is 2.57 bits per heavy atom. The summed E-state index contributed by atoms with van der Waals surface area (Å²) in [6, 6.07) is 2.55. The van der Waals surface area contributed by atoms with E-state index in [1.165, 1.54) is 23.4 Å². The highest BCUT2D eigenvalue weighted by atomic mass is 32.2. The number of benzene rings is 1. The maximum Gasteiger partial charge on any atom is 0.243 e. The Morgan fingerprint density at radius 1 is 1.33 bits per heavy atom. The second-order valence-corrected chi connectivity index (χ2v) is 7.87. The number of nitrogens with zero attached hydrogens (tertiary/aromatic N) is 1. The van der Waals surface area contributed by atoms with Crippen molar-refractivity contribution in [2.45, 2.75) is 38.7 Å². The van der Waals surface area contributed by atoms with Gasteiger partial charge in [0.1, 0.15) is 5.82 Å². The van der Waals surface area contributed by atoms with Crippen LogP contribution in [0.3, 0.4) is 0 Å². The molecule has 2 unspecified atom stereocenters. The van der Waals surface area contributed by atoms with E-state index in [2.05, 4.69) is 6.92 Å². The second-order valence-electron chi connectivity index (χ2n) is 5.97. The van der Waals surface area contributed by atoms with Crippen LogP contribution in [-0.4, -0.2) is 30.9 Å². The Hall–Kier alpha value is -0.980. The van der Waals surface area contributed by atoms with Crippen molar-refractivity contribution in [2.24, 2.45) is 11.8 Å². The summed E-state index contributed by atoms with van der Waals surface area (Å²) in [5.74, 6) is 0.163. The maximum atomic E-state index is 13.9. The van der Waals surface area contributed by atoms with Gasteiger partial charge in [-0.3, -0.25) is 0 Å². The summed E-state index contributed by atoms with van der Waals surface area (Å²) in [5, 5.41) is 9.16. The third-order valence-electron chi connectivity index (χ3n) is 4.45. The summed E-state index contributed by atoms with van der Waals surface area (Å²) in [6.45, 7) is 6.13. The molecule has 0 aromatic heterocycles. The van der Waals surface area contributed by atoms with Gasteiger partial charge in [-0.25, -0.2) is 12.8 Å². The zero-order valence-electron chi connectivity index (χ0n) is 12.6. The van der Waals surface area contributed by atoms with Crippen LogP contribution in [0, 0.1) is 24.6 Å². The van der Waals surface area contributed by atoms with Crippen LogP contribution in [0.15, 0.2) is 17.0 Å². The normalized spacial score (nSPS) is 24.2. The molecular formula is C15H22FNO3S. The standard InChI is InChI=1S/C15H22FNO3S/c1-10-4-5-17(8-11(10)2)21(19,20)15-7-13(9-18)6-14(16)12(15)3/h6-7,10-11,18H,4-5,8-9H2,1-3H3. The van der Waals surface area contributed by atoms with E-state index in [4.69, 9.17) is 5.11 Å². The van der Waals surface area contributed by atoms with Crippen molar-refractivity contribution in [3.8, 4) is 0 Å². The van der Waals surface area contributed by atoms with Crippen LogP contribution < -0.4 is 0 Å². The predicted molar refractivity (Wildman–Crippen MR) is 78.8 cm³/mol. The van der Waals surface area contributed by atoms with E-state index < -0.39 is 15.8 Å². The van der Waals surface area contributed by atoms with E-state index in [1.807, 2.05) is 6.92 Å². The molecule has 0 saturated carbocycles. The van der Waals surface area contributed by atoms with Gasteiger partial charge in [0.15, 0.2) is 0 Å². The highest BCUT2D eigenvalue weighted by molar-refractivity contribution is 7.89. The van der Waals surface area contributed by atoms with Crippen molar-refractivity contribution >= 4 is 10.0 Å². The maximum absolute atomic E-state index is 13.9. The quantitative estimate of drug-likeness (QED) is 0.931. The summed E-state index contributed by atoms with van der Waals surface area (Å²) in [7, 11) is -3.72. The lowest BCUT2D eigenvalue weighted by atomic mass is 9.90. The van der Waals surface area contributed by atoms with Crippen LogP contribution >= 0.6 is 0 Å². The fraction of sp³-hybridized carbons (Fsp3) is 0.600. The van der Waals surface area contributed by atoms with Gasteiger partial charge in [0.25, 0.3) is 0 Å². The molecule has 1 heterocycles. The largest absolute Gasteiger partial charge is 0.392 e. The minimum absolute atomic E-state index is 0.0340. The molecule has 4 nitrogen and oxygen atoms in total. The van der Waals surface area contributed by atoms with E-state index in [0.29, 0.717) is 19.0 Å². The molecule has 1 aromatic carbocycles. The van der Waals surface area contributed by atoms with E-state index in [1.54, 1.807) is 0 Å². The lowest BCUT2D eigenvalue weighted by molar-refractivity contribution is 0.212. The van der Waals surface area contributed by atoms with Gasteiger partial charge < -0.3 is 5.11 Å². The number of sulfonamides is 1. The average Bonchev–Trinajstić information content (AvgIpc) is 2.44. The molecule has 21 heavy (non-hydrogen) atoms. The molecule has 0 aliphatic carbocycles. The van der Waals surface area contributed by atoms with Gasteiger partial charge >= 0.3 is 0 Å². The van der Waals surface area contributed by atoms with Crippen molar-refractivity contribution in [1.29, 1.82) is 0 Å². The minimum Gasteiger partial charge on any atom is -0.392 e. The first-order valence-electron chi connectivity index (χ1n) is 7.17. The van der Waals surface area contributed by atoms with E-state index in [9.17, 15) is 12.8 Å². The van der Waals surface area contributed by atoms with Crippen LogP contribution in [0.1, 0.15) is 31.4 Å². The van der Waals surface area contributed by atoms with Crippen molar-refractivity contribution < 1.29 is 17.9 Å². The minimum atomic E-state index is -3.72. The summed E-state index contributed by atoms with van der Waals surface area (Å²) in [5.41, 5.74) is 0.383. The molecule has 1 aliphatic rings. The van der Waals surface area contributed by atoms with Crippen molar-refractivity contribution in [3.05, 3.63) is 29.1 Å². The average molecular weight is 315 g/mol. The third-order valence-corrected chi connectivity index (χ3v) is 6.45. The molecule has 2 rings (SSSR count). The molecule has 1 aliphatic heterocycles. The summed E-state index contributed by atoms with van der Waals surface area (Å²) in [6.07, 6.45) is 0.807. The Kier molecular flexibility index (Phi) is 4.70. The van der Waals surface area contributed by atoms with Gasteiger partial charge in [0, 0.05) is 18.7 Å². The van der Waals surface area contributed by atoms with Gasteiger partial charge in [-0.1, -0.05) is 13.8 Å². The van der Waals surface area contributed by atoms with Crippen molar-refractivity contribution in [3.63, 3.8) is 0 Å². The lowest BCUT2D eigenvalue weighted by Gasteiger charge is -2.34. The summed E-state index contributed by atoms with van der Waals surface area (Å²) in [4.78, 5) is -0.0340. The van der Waals surface area contributed by atoms with Gasteiger partial charge in [-0.2, -0.15) is 4.31 Å². The van der Waals surface area contributed by atoms with Crippen LogP contribution in [0.25, 0.3) is 0 Å². The Labute approximate surface area is 125 Å². The first-order valence-corrected chi connectivity index (χ1v) is 8.61. The highest BCUT2D eigenvalue weighted by Crippen LogP contribution is 2.29. The molecule has 0 bridgehead atoms. The fourth-order valence-electron chi connectivity index (χ4n) is 2.65. The van der Waals surface area contributed by atoms with Gasteiger partial charge in [0.2, 0.25) is 10.0 Å². The molecule has 0 radical (unpaired) electrons. The zero-order chi connectivity index (χ0) is 15.8. The molecule has 1 N–H and O–H groups in total. The van der Waals surface area contributed by atoms with Crippen LogP contribution in [0.2, 0.25) is 0 Å². The topological polar surface area (TPSA) is 57.6 Å². The van der Waals surface area contributed by atoms with Gasteiger partial charge in [-0.05, 0) is 42.9 Å². The Bertz CT molecular complexity index is 630. The monoisotopic (exact) mass is 315 g/mol. The first kappa shape index (κ1) is 16.4. The molecule has 6 heteroatoms. The number of hydrogen-bond acceptors (Lipinski definition) is 3. The molecule has 0 amide bonds. The Morgan fingerprint density at radius 2 is 2.00 bits per heavy atom. The first-order chi connectivity index (χ1) is 9.77. The van der Waals surface area contributed by atoms with E-state index in [-0.39, 0.29) is 28.5 Å². The van der Waals surface area contributed by atoms with Crippen LogP contribution in [-0.2, 0) is 16.6 Å². The summed E-state index contributed by atoms with van der Waals surface area (Å²) < 4.78 is 40.8. The van der Waals surface area contributed by atoms with Crippen LogP contribution in [0.4, 0.5) is 4.39 Å². The Balaban J connectivity index is 2.42. The second kappa shape index (κ2) is 6.02. The fourth-order valence-corrected chi connectivity index (χ4v) is 4.49. The number of piperidine rings is 1. The van der Waals surface area contributed by atoms with Gasteiger partial charge in [-0.15, -0.1) is 0 Å². The molecule has 1 saturated heterocycles. The van der Waals surface area contributed by atoms with Crippen molar-refractivity contribution in [2.75, 3.05) is 13.1 Å². The third kappa shape index (κ3) is 3.12. The molecule has 0 spiro atoms. The number of aliphatic hydroxyl groups is 1. The molecular weight excluding hydrogens is 293 g/mol. The molecule has 1 aromatic rings. The lowest BCUT2D eigenvalue weighted by Crippen LogP contribution is -2.42. The number of rotatable bonds is 3. The van der Waals surface area contributed by atoms with Gasteiger partial charge in [0.05, 0.1) is 11.5 Å². The smallest absolute Gasteiger partial charge is 0.243 e. The van der Waals surface area contributed by atoms with Crippen LogP contribution in [0.5, 0.6) is 0 Å². The molecule has 118 valence electrons. The SMILES string of the molecule is Cc1c(F)cc(CO)cc1S(=O)(=O)N1CCC(C)C(C)C1. The summed E-state index contributed by atoms with van der Waals surface area (Å²) >= 11 is 0. The van der Waals surface area contributed by atoms with Crippen molar-refractivity contribution in [1.82, 2.24) is 4.31 Å². The number of hydrogen-bond donors (Lipinski definition) is 1. The highest BCUT2D eigenvalue weighted by Gasteiger charge is 2.33. The van der Waals surface area contributed by atoms with E-state index in [0.717, 1.165) is 6.42 Å². The molecule has 2 atom stereocenters. The van der Waals surface area contributed by atoms with E-state index >= 15 is 0 Å². The zero-order valence-corrected chi connectivity index (χ0v) is 13.5. The number of aliphatic hydroxyl groups excluding tert-OH is 1.